The van der Waals surface area contributed by atoms with Crippen molar-refractivity contribution < 1.29 is 14.3 Å². The van der Waals surface area contributed by atoms with Crippen LogP contribution in [0.2, 0.25) is 0 Å². The molecule has 1 aliphatic heterocycles. The Kier molecular flexibility index (Phi) is 4.40. The lowest BCUT2D eigenvalue weighted by atomic mass is 10.1. The molecule has 1 aliphatic rings. The highest BCUT2D eigenvalue weighted by Gasteiger charge is 2.15. The number of ether oxygens (including phenoxy) is 2. The van der Waals surface area contributed by atoms with Crippen LogP contribution in [0.1, 0.15) is 5.82 Å². The van der Waals surface area contributed by atoms with Crippen LogP contribution in [0.4, 0.5) is 5.13 Å². The van der Waals surface area contributed by atoms with Gasteiger partial charge in [0.25, 0.3) is 0 Å². The molecular formula is C21H18N4O3S. The molecule has 1 amide bonds. The summed E-state index contributed by atoms with van der Waals surface area (Å²) in [6.45, 7) is 3.18. The number of benzene rings is 2. The monoisotopic (exact) mass is 406 g/mol. The van der Waals surface area contributed by atoms with Crippen LogP contribution in [0, 0.1) is 6.92 Å². The Morgan fingerprint density at radius 1 is 1.14 bits per heavy atom. The van der Waals surface area contributed by atoms with Crippen molar-refractivity contribution >= 4 is 33.4 Å². The van der Waals surface area contributed by atoms with E-state index in [0.29, 0.717) is 18.3 Å². The summed E-state index contributed by atoms with van der Waals surface area (Å²) in [6.07, 6.45) is 0. The predicted octanol–water partition coefficient (Wildman–Crippen LogP) is 3.88. The highest BCUT2D eigenvalue weighted by Crippen LogP contribution is 2.35. The Morgan fingerprint density at radius 2 is 1.97 bits per heavy atom. The summed E-state index contributed by atoms with van der Waals surface area (Å²) in [5.74, 6) is 2.12. The molecule has 4 aromatic rings. The van der Waals surface area contributed by atoms with Gasteiger partial charge in [0.2, 0.25) is 5.91 Å². The summed E-state index contributed by atoms with van der Waals surface area (Å²) in [5, 5.41) is 5.36. The quantitative estimate of drug-likeness (QED) is 0.557. The van der Waals surface area contributed by atoms with Gasteiger partial charge in [-0.15, -0.1) is 11.3 Å². The molecule has 2 aromatic heterocycles. The molecule has 0 saturated carbocycles. The molecular weight excluding hydrogens is 388 g/mol. The summed E-state index contributed by atoms with van der Waals surface area (Å²) in [6, 6.07) is 13.5. The first-order valence-corrected chi connectivity index (χ1v) is 10.1. The van der Waals surface area contributed by atoms with Crippen molar-refractivity contribution in [3.05, 3.63) is 53.7 Å². The minimum Gasteiger partial charge on any atom is -0.486 e. The molecule has 0 spiro atoms. The number of carbonyl (C=O) groups excluding carboxylic acids is 1. The lowest BCUT2D eigenvalue weighted by Crippen LogP contribution is -2.19. The number of imidazole rings is 1. The number of thiazole rings is 1. The SMILES string of the molecule is Cc1nc2ccccc2n1CC(=O)Nc1nc(-c2ccc3c(c2)OCCO3)cs1. The van der Waals surface area contributed by atoms with Crippen molar-refractivity contribution in [1.82, 2.24) is 14.5 Å². The van der Waals surface area contributed by atoms with E-state index >= 15 is 0 Å². The van der Waals surface area contributed by atoms with Gasteiger partial charge in [-0.25, -0.2) is 9.97 Å². The number of rotatable bonds is 4. The third-order valence-electron chi connectivity index (χ3n) is 4.74. The molecule has 146 valence electrons. The molecule has 7 nitrogen and oxygen atoms in total. The molecule has 0 bridgehead atoms. The van der Waals surface area contributed by atoms with Crippen molar-refractivity contribution in [1.29, 1.82) is 0 Å². The fraction of sp³-hybridized carbons (Fsp3) is 0.190. The number of hydrogen-bond acceptors (Lipinski definition) is 6. The van der Waals surface area contributed by atoms with Gasteiger partial charge in [-0.3, -0.25) is 4.79 Å². The van der Waals surface area contributed by atoms with Gasteiger partial charge in [0.1, 0.15) is 25.6 Å². The van der Waals surface area contributed by atoms with Gasteiger partial charge in [-0.2, -0.15) is 0 Å². The van der Waals surface area contributed by atoms with E-state index in [4.69, 9.17) is 9.47 Å². The molecule has 0 saturated heterocycles. The zero-order valence-electron chi connectivity index (χ0n) is 15.7. The Hall–Kier alpha value is -3.39. The molecule has 3 heterocycles. The minimum atomic E-state index is -0.140. The summed E-state index contributed by atoms with van der Waals surface area (Å²) >= 11 is 1.39. The number of amides is 1. The highest BCUT2D eigenvalue weighted by atomic mass is 32.1. The van der Waals surface area contributed by atoms with E-state index in [-0.39, 0.29) is 12.5 Å². The maximum atomic E-state index is 12.6. The first-order valence-electron chi connectivity index (χ1n) is 9.25. The smallest absolute Gasteiger partial charge is 0.246 e. The molecule has 0 atom stereocenters. The molecule has 0 aliphatic carbocycles. The van der Waals surface area contributed by atoms with Crippen molar-refractivity contribution in [3.8, 4) is 22.8 Å². The average molecular weight is 406 g/mol. The molecule has 1 N–H and O–H groups in total. The summed E-state index contributed by atoms with van der Waals surface area (Å²) < 4.78 is 13.1. The topological polar surface area (TPSA) is 78.3 Å². The maximum Gasteiger partial charge on any atom is 0.246 e. The number of aryl methyl sites for hydroxylation is 1. The second-order valence-corrected chi connectivity index (χ2v) is 7.54. The van der Waals surface area contributed by atoms with Crippen LogP contribution < -0.4 is 14.8 Å². The van der Waals surface area contributed by atoms with E-state index in [2.05, 4.69) is 15.3 Å². The number of carbonyl (C=O) groups is 1. The van der Waals surface area contributed by atoms with Crippen LogP contribution in [0.3, 0.4) is 0 Å². The van der Waals surface area contributed by atoms with Crippen molar-refractivity contribution in [2.75, 3.05) is 18.5 Å². The van der Waals surface area contributed by atoms with Crippen LogP contribution in [0.25, 0.3) is 22.3 Å². The summed E-state index contributed by atoms with van der Waals surface area (Å²) in [5.41, 5.74) is 3.53. The van der Waals surface area contributed by atoms with Gasteiger partial charge < -0.3 is 19.4 Å². The average Bonchev–Trinajstić information content (AvgIpc) is 3.32. The van der Waals surface area contributed by atoms with E-state index in [1.54, 1.807) is 0 Å². The largest absolute Gasteiger partial charge is 0.486 e. The van der Waals surface area contributed by atoms with E-state index < -0.39 is 0 Å². The number of hydrogen-bond donors (Lipinski definition) is 1. The normalized spacial score (nSPS) is 12.9. The molecule has 5 rings (SSSR count). The third-order valence-corrected chi connectivity index (χ3v) is 5.49. The van der Waals surface area contributed by atoms with Gasteiger partial charge in [-0.1, -0.05) is 12.1 Å². The first-order chi connectivity index (χ1) is 14.2. The zero-order chi connectivity index (χ0) is 19.8. The van der Waals surface area contributed by atoms with Gasteiger partial charge in [0.05, 0.1) is 16.7 Å². The van der Waals surface area contributed by atoms with Gasteiger partial charge in [0, 0.05) is 10.9 Å². The Bertz CT molecular complexity index is 1210. The van der Waals surface area contributed by atoms with Crippen molar-refractivity contribution in [2.45, 2.75) is 13.5 Å². The van der Waals surface area contributed by atoms with Crippen LogP contribution in [0.5, 0.6) is 11.5 Å². The predicted molar refractivity (Wildman–Crippen MR) is 112 cm³/mol. The third kappa shape index (κ3) is 3.42. The van der Waals surface area contributed by atoms with E-state index in [1.165, 1.54) is 11.3 Å². The lowest BCUT2D eigenvalue weighted by molar-refractivity contribution is -0.116. The number of nitrogens with zero attached hydrogens (tertiary/aromatic N) is 3. The van der Waals surface area contributed by atoms with E-state index in [0.717, 1.165) is 39.6 Å². The standard InChI is InChI=1S/C21H18N4O3S/c1-13-22-15-4-2-3-5-17(15)25(13)11-20(26)24-21-23-16(12-29-21)14-6-7-18-19(10-14)28-9-8-27-18/h2-7,10,12H,8-9,11H2,1H3,(H,23,24,26). The van der Waals surface area contributed by atoms with Crippen LogP contribution in [-0.4, -0.2) is 33.7 Å². The molecule has 8 heteroatoms. The molecule has 0 unspecified atom stereocenters. The lowest BCUT2D eigenvalue weighted by Gasteiger charge is -2.18. The molecule has 2 aromatic carbocycles. The summed E-state index contributed by atoms with van der Waals surface area (Å²) in [7, 11) is 0. The number of anilines is 1. The summed E-state index contributed by atoms with van der Waals surface area (Å²) in [4.78, 5) is 21.6. The second kappa shape index (κ2) is 7.21. The fourth-order valence-electron chi connectivity index (χ4n) is 3.36. The van der Waals surface area contributed by atoms with Crippen LogP contribution >= 0.6 is 11.3 Å². The number of fused-ring (bicyclic) bond motifs is 2. The van der Waals surface area contributed by atoms with Crippen LogP contribution in [-0.2, 0) is 11.3 Å². The van der Waals surface area contributed by atoms with Gasteiger partial charge >= 0.3 is 0 Å². The van der Waals surface area contributed by atoms with Gasteiger partial charge in [-0.05, 0) is 37.3 Å². The van der Waals surface area contributed by atoms with Gasteiger partial charge in [0.15, 0.2) is 16.6 Å². The minimum absolute atomic E-state index is 0.140. The Balaban J connectivity index is 1.32. The van der Waals surface area contributed by atoms with Crippen molar-refractivity contribution in [3.63, 3.8) is 0 Å². The molecule has 29 heavy (non-hydrogen) atoms. The maximum absolute atomic E-state index is 12.6. The fourth-order valence-corrected chi connectivity index (χ4v) is 4.10. The Morgan fingerprint density at radius 3 is 2.86 bits per heavy atom. The molecule has 0 radical (unpaired) electrons. The number of aromatic nitrogens is 3. The van der Waals surface area contributed by atoms with E-state index in [1.807, 2.05) is 59.3 Å². The molecule has 0 fully saturated rings. The van der Waals surface area contributed by atoms with Crippen molar-refractivity contribution in [2.24, 2.45) is 0 Å². The second-order valence-electron chi connectivity index (χ2n) is 6.68. The van der Waals surface area contributed by atoms with Crippen LogP contribution in [0.15, 0.2) is 47.8 Å². The number of para-hydroxylation sites is 2. The zero-order valence-corrected chi connectivity index (χ0v) is 16.5. The number of nitrogens with one attached hydrogen (secondary N) is 1. The van der Waals surface area contributed by atoms with E-state index in [9.17, 15) is 4.79 Å². The Labute approximate surface area is 170 Å². The highest BCUT2D eigenvalue weighted by molar-refractivity contribution is 7.14. The first kappa shape index (κ1) is 17.7.